The average Bonchev–Trinajstić information content (AvgIpc) is 3.18. The highest BCUT2D eigenvalue weighted by atomic mass is 35.5. The molecule has 0 aliphatic heterocycles. The number of carboxylic acids is 1. The van der Waals surface area contributed by atoms with E-state index in [2.05, 4.69) is 9.97 Å². The maximum atomic E-state index is 11.3. The zero-order chi connectivity index (χ0) is 14.0. The molecular formula is C12H12Cl2N2O2S. The predicted octanol–water partition coefficient (Wildman–Crippen LogP) is 3.77. The second-order valence-electron chi connectivity index (χ2n) is 4.27. The zero-order valence-corrected chi connectivity index (χ0v) is 12.5. The van der Waals surface area contributed by atoms with Crippen LogP contribution in [0.5, 0.6) is 0 Å². The second kappa shape index (κ2) is 6.11. The minimum atomic E-state index is -1.02. The minimum absolute atomic E-state index is 0.147. The van der Waals surface area contributed by atoms with Crippen molar-refractivity contribution < 1.29 is 9.90 Å². The number of thioether (sulfide) groups is 1. The first-order valence-electron chi connectivity index (χ1n) is 5.72. The molecule has 0 amide bonds. The summed E-state index contributed by atoms with van der Waals surface area (Å²) in [6, 6.07) is 0. The lowest BCUT2D eigenvalue weighted by Crippen LogP contribution is -2.09. The normalized spacial score (nSPS) is 15.6. The molecule has 19 heavy (non-hydrogen) atoms. The number of halogens is 2. The Bertz CT molecular complexity index is 545. The van der Waals surface area contributed by atoms with Crippen LogP contribution in [0.2, 0.25) is 0 Å². The molecule has 0 atom stereocenters. The van der Waals surface area contributed by atoms with Gasteiger partial charge < -0.3 is 5.11 Å². The van der Waals surface area contributed by atoms with Crippen molar-refractivity contribution in [1.29, 1.82) is 0 Å². The fourth-order valence-electron chi connectivity index (χ4n) is 1.61. The summed E-state index contributed by atoms with van der Waals surface area (Å²) in [6.45, 7) is 1.69. The molecule has 1 saturated carbocycles. The lowest BCUT2D eigenvalue weighted by Gasteiger charge is -2.09. The number of nitrogens with zero attached hydrogens (tertiary/aromatic N) is 2. The van der Waals surface area contributed by atoms with Gasteiger partial charge in [-0.05, 0) is 19.8 Å². The molecule has 1 aromatic rings. The first-order valence-corrected chi connectivity index (χ1v) is 7.52. The molecule has 0 unspecified atom stereocenters. The summed E-state index contributed by atoms with van der Waals surface area (Å²) in [5, 5.41) is 10.2. The van der Waals surface area contributed by atoms with Crippen LogP contribution < -0.4 is 0 Å². The first kappa shape index (κ1) is 14.6. The Balaban J connectivity index is 2.33. The molecular weight excluding hydrogens is 307 g/mol. The molecule has 1 aromatic heterocycles. The third kappa shape index (κ3) is 3.61. The Morgan fingerprint density at radius 3 is 2.74 bits per heavy atom. The van der Waals surface area contributed by atoms with Crippen molar-refractivity contribution in [2.75, 3.05) is 5.75 Å². The zero-order valence-electron chi connectivity index (χ0n) is 10.2. The Labute approximate surface area is 125 Å². The van der Waals surface area contributed by atoms with E-state index in [1.54, 1.807) is 6.92 Å². The molecule has 102 valence electrons. The summed E-state index contributed by atoms with van der Waals surface area (Å²) in [5.41, 5.74) is 1.91. The van der Waals surface area contributed by atoms with Crippen LogP contribution in [0.1, 0.15) is 40.6 Å². The topological polar surface area (TPSA) is 63.1 Å². The highest BCUT2D eigenvalue weighted by Gasteiger charge is 2.29. The maximum Gasteiger partial charge on any atom is 0.340 e. The van der Waals surface area contributed by atoms with E-state index in [0.717, 1.165) is 18.7 Å². The van der Waals surface area contributed by atoms with E-state index in [9.17, 15) is 9.90 Å². The van der Waals surface area contributed by atoms with Crippen LogP contribution in [-0.2, 0) is 0 Å². The summed E-state index contributed by atoms with van der Waals surface area (Å²) in [6.07, 6.45) is 2.14. The van der Waals surface area contributed by atoms with Gasteiger partial charge in [0, 0.05) is 22.2 Å². The smallest absolute Gasteiger partial charge is 0.340 e. The van der Waals surface area contributed by atoms with E-state index in [1.807, 2.05) is 0 Å². The van der Waals surface area contributed by atoms with Crippen LogP contribution in [0, 0.1) is 6.92 Å². The van der Waals surface area contributed by atoms with Gasteiger partial charge in [0.2, 0.25) is 0 Å². The van der Waals surface area contributed by atoms with E-state index < -0.39 is 5.97 Å². The summed E-state index contributed by atoms with van der Waals surface area (Å²) in [4.78, 5) is 19.9. The number of aryl methyl sites for hydroxylation is 1. The Hall–Kier alpha value is -0.780. The van der Waals surface area contributed by atoms with Crippen molar-refractivity contribution in [1.82, 2.24) is 9.97 Å². The molecule has 0 spiro atoms. The lowest BCUT2D eigenvalue weighted by atomic mass is 10.2. The molecule has 1 aliphatic carbocycles. The molecule has 0 radical (unpaired) electrons. The summed E-state index contributed by atoms with van der Waals surface area (Å²) in [7, 11) is 0. The first-order chi connectivity index (χ1) is 9.02. The summed E-state index contributed by atoms with van der Waals surface area (Å²) in [5.74, 6) is 0.482. The van der Waals surface area contributed by atoms with Gasteiger partial charge in [0.15, 0.2) is 0 Å². The van der Waals surface area contributed by atoms with Crippen LogP contribution in [-0.4, -0.2) is 26.8 Å². The molecule has 0 bridgehead atoms. The van der Waals surface area contributed by atoms with E-state index >= 15 is 0 Å². The van der Waals surface area contributed by atoms with Crippen LogP contribution in [0.25, 0.3) is 0 Å². The van der Waals surface area contributed by atoms with Crippen molar-refractivity contribution in [3.05, 3.63) is 27.6 Å². The van der Waals surface area contributed by atoms with Crippen LogP contribution in [0.4, 0.5) is 0 Å². The van der Waals surface area contributed by atoms with Gasteiger partial charge in [-0.2, -0.15) is 0 Å². The average molecular weight is 319 g/mol. The molecule has 0 aromatic carbocycles. The Morgan fingerprint density at radius 1 is 1.53 bits per heavy atom. The second-order valence-corrected chi connectivity index (χ2v) is 5.94. The van der Waals surface area contributed by atoms with Crippen LogP contribution >= 0.6 is 35.0 Å². The third-order valence-corrected chi connectivity index (χ3v) is 4.50. The van der Waals surface area contributed by atoms with Gasteiger partial charge in [0.05, 0.1) is 5.69 Å². The Morgan fingerprint density at radius 2 is 2.21 bits per heavy atom. The van der Waals surface area contributed by atoms with Crippen LogP contribution in [0.15, 0.2) is 15.6 Å². The Kier molecular flexibility index (Phi) is 4.71. The van der Waals surface area contributed by atoms with E-state index in [0.29, 0.717) is 27.4 Å². The quantitative estimate of drug-likeness (QED) is 0.661. The molecule has 1 N–H and O–H groups in total. The van der Waals surface area contributed by atoms with Gasteiger partial charge >= 0.3 is 5.97 Å². The van der Waals surface area contributed by atoms with E-state index in [4.69, 9.17) is 23.2 Å². The molecule has 1 aliphatic rings. The highest BCUT2D eigenvalue weighted by molar-refractivity contribution is 7.99. The number of aromatic nitrogens is 2. The lowest BCUT2D eigenvalue weighted by molar-refractivity contribution is 0.0690. The number of aromatic carboxylic acids is 1. The number of carbonyl (C=O) groups is 1. The van der Waals surface area contributed by atoms with Gasteiger partial charge in [-0.15, -0.1) is 0 Å². The highest BCUT2D eigenvalue weighted by Crippen LogP contribution is 2.39. The number of rotatable bonds is 5. The molecule has 1 heterocycles. The monoisotopic (exact) mass is 318 g/mol. The van der Waals surface area contributed by atoms with Crippen molar-refractivity contribution in [3.63, 3.8) is 0 Å². The van der Waals surface area contributed by atoms with Crippen molar-refractivity contribution >= 4 is 40.9 Å². The van der Waals surface area contributed by atoms with Gasteiger partial charge in [0.25, 0.3) is 0 Å². The summed E-state index contributed by atoms with van der Waals surface area (Å²) >= 11 is 12.6. The largest absolute Gasteiger partial charge is 0.478 e. The molecule has 4 nitrogen and oxygen atoms in total. The van der Waals surface area contributed by atoms with E-state index in [-0.39, 0.29) is 5.56 Å². The molecule has 2 rings (SSSR count). The fourth-order valence-corrected chi connectivity index (χ4v) is 2.84. The van der Waals surface area contributed by atoms with Gasteiger partial charge in [-0.25, -0.2) is 14.8 Å². The van der Waals surface area contributed by atoms with Crippen molar-refractivity contribution in [2.45, 2.75) is 30.7 Å². The molecule has 7 heteroatoms. The van der Waals surface area contributed by atoms with Gasteiger partial charge in [-0.1, -0.05) is 35.0 Å². The van der Waals surface area contributed by atoms with Gasteiger partial charge in [-0.3, -0.25) is 0 Å². The predicted molar refractivity (Wildman–Crippen MR) is 76.2 cm³/mol. The number of hydrogen-bond acceptors (Lipinski definition) is 4. The fraction of sp³-hybridized carbons (Fsp3) is 0.417. The molecule has 1 fully saturated rings. The number of hydrogen-bond donors (Lipinski definition) is 1. The third-order valence-electron chi connectivity index (χ3n) is 2.70. The van der Waals surface area contributed by atoms with Crippen molar-refractivity contribution in [3.8, 4) is 0 Å². The van der Waals surface area contributed by atoms with Crippen molar-refractivity contribution in [2.24, 2.45) is 0 Å². The number of carboxylic acid groups (broad SMARTS) is 1. The maximum absolute atomic E-state index is 11.3. The summed E-state index contributed by atoms with van der Waals surface area (Å²) < 4.78 is 0. The molecule has 0 saturated heterocycles. The standard InChI is InChI=1S/C12H12Cl2N2O2S/c1-6-9(12(17)18)11(19-5-8(14)4-13)16-10(15-6)7-2-3-7/h4,7H,2-3,5H2,1H3,(H,17,18). The van der Waals surface area contributed by atoms with E-state index in [1.165, 1.54) is 17.3 Å². The SMILES string of the molecule is Cc1nc(C2CC2)nc(SCC(Cl)=CCl)c1C(=O)O. The van der Waals surface area contributed by atoms with Crippen LogP contribution in [0.3, 0.4) is 0 Å². The van der Waals surface area contributed by atoms with Gasteiger partial charge in [0.1, 0.15) is 16.4 Å². The minimum Gasteiger partial charge on any atom is -0.478 e.